The van der Waals surface area contributed by atoms with E-state index in [9.17, 15) is 0 Å². The molecule has 0 bridgehead atoms. The summed E-state index contributed by atoms with van der Waals surface area (Å²) < 4.78 is 0. The Morgan fingerprint density at radius 1 is 1.28 bits per heavy atom. The Kier molecular flexibility index (Phi) is 7.35. The average molecular weight is 310 g/mol. The Bertz CT molecular complexity index is 354. The molecule has 102 valence electrons. The van der Waals surface area contributed by atoms with Gasteiger partial charge in [-0.05, 0) is 30.7 Å². The second kappa shape index (κ2) is 8.23. The van der Waals surface area contributed by atoms with Crippen LogP contribution in [0.25, 0.3) is 0 Å². The molecule has 1 fully saturated rings. The summed E-state index contributed by atoms with van der Waals surface area (Å²) in [6, 6.07) is 7.83. The van der Waals surface area contributed by atoms with E-state index in [2.05, 4.69) is 10.2 Å². The van der Waals surface area contributed by atoms with Crippen molar-refractivity contribution in [2.75, 3.05) is 32.7 Å². The zero-order valence-corrected chi connectivity index (χ0v) is 12.6. The Labute approximate surface area is 125 Å². The van der Waals surface area contributed by atoms with E-state index in [1.165, 1.54) is 0 Å². The normalized spacial score (nSPS) is 18.1. The number of nitrogens with zero attached hydrogens (tertiary/aromatic N) is 1. The summed E-state index contributed by atoms with van der Waals surface area (Å²) in [7, 11) is 0. The summed E-state index contributed by atoms with van der Waals surface area (Å²) in [6.45, 7) is 5.48. The van der Waals surface area contributed by atoms with Crippen LogP contribution < -0.4 is 5.32 Å². The number of alkyl halides is 1. The van der Waals surface area contributed by atoms with Crippen LogP contribution in [0, 0.1) is 0 Å². The molecule has 18 heavy (non-hydrogen) atoms. The minimum absolute atomic E-state index is 0. The first-order chi connectivity index (χ1) is 8.25. The van der Waals surface area contributed by atoms with Gasteiger partial charge in [0.2, 0.25) is 0 Å². The van der Waals surface area contributed by atoms with Crippen molar-refractivity contribution in [3.63, 3.8) is 0 Å². The van der Waals surface area contributed by atoms with E-state index in [1.807, 2.05) is 24.3 Å². The predicted octanol–water partition coefficient (Wildman–Crippen LogP) is 3.34. The molecule has 1 unspecified atom stereocenters. The molecule has 1 atom stereocenters. The van der Waals surface area contributed by atoms with E-state index < -0.39 is 0 Å². The third-order valence-corrected chi connectivity index (χ3v) is 3.82. The summed E-state index contributed by atoms with van der Waals surface area (Å²) in [4.78, 5) is 2.45. The summed E-state index contributed by atoms with van der Waals surface area (Å²) in [5, 5.41) is 4.17. The van der Waals surface area contributed by atoms with Gasteiger partial charge in [-0.1, -0.05) is 23.7 Å². The van der Waals surface area contributed by atoms with Gasteiger partial charge in [-0.15, -0.1) is 24.0 Å². The molecule has 0 radical (unpaired) electrons. The highest BCUT2D eigenvalue weighted by atomic mass is 35.5. The first-order valence-corrected chi connectivity index (χ1v) is 6.90. The highest BCUT2D eigenvalue weighted by Gasteiger charge is 2.13. The monoisotopic (exact) mass is 308 g/mol. The predicted molar refractivity (Wildman–Crippen MR) is 81.2 cm³/mol. The Hall–Kier alpha value is 0.01000. The lowest BCUT2D eigenvalue weighted by atomic mass is 10.1. The van der Waals surface area contributed by atoms with E-state index in [0.29, 0.717) is 0 Å². The Morgan fingerprint density at radius 3 is 2.67 bits per heavy atom. The average Bonchev–Trinajstić information content (AvgIpc) is 2.37. The minimum Gasteiger partial charge on any atom is -0.314 e. The SMILES string of the molecule is Cl.Clc1cccc(C(Cl)CCN2CCNCC2)c1. The molecular weight excluding hydrogens is 291 g/mol. The lowest BCUT2D eigenvalue weighted by Crippen LogP contribution is -2.43. The van der Waals surface area contributed by atoms with E-state index in [1.54, 1.807) is 0 Å². The first kappa shape index (κ1) is 16.1. The zero-order valence-electron chi connectivity index (χ0n) is 10.2. The molecule has 0 aliphatic carbocycles. The highest BCUT2D eigenvalue weighted by molar-refractivity contribution is 6.30. The number of hydrogen-bond acceptors (Lipinski definition) is 2. The van der Waals surface area contributed by atoms with E-state index in [0.717, 1.165) is 49.7 Å². The van der Waals surface area contributed by atoms with Crippen LogP contribution in [-0.2, 0) is 0 Å². The first-order valence-electron chi connectivity index (χ1n) is 6.08. The number of hydrogen-bond donors (Lipinski definition) is 1. The molecule has 1 aliphatic rings. The standard InChI is InChI=1S/C13H18Cl2N2.ClH/c14-12-3-1-2-11(10-12)13(15)4-7-17-8-5-16-6-9-17;/h1-3,10,13,16H,4-9H2;1H. The van der Waals surface area contributed by atoms with Crippen molar-refractivity contribution in [1.82, 2.24) is 10.2 Å². The molecule has 1 saturated heterocycles. The number of halogens is 3. The second-order valence-corrected chi connectivity index (χ2v) is 5.37. The molecule has 1 aromatic rings. The second-order valence-electron chi connectivity index (χ2n) is 4.40. The van der Waals surface area contributed by atoms with Crippen LogP contribution in [0.1, 0.15) is 17.4 Å². The van der Waals surface area contributed by atoms with E-state index in [4.69, 9.17) is 23.2 Å². The quantitative estimate of drug-likeness (QED) is 0.858. The van der Waals surface area contributed by atoms with Gasteiger partial charge < -0.3 is 10.2 Å². The minimum atomic E-state index is 0. The van der Waals surface area contributed by atoms with Crippen molar-refractivity contribution in [2.24, 2.45) is 0 Å². The van der Waals surface area contributed by atoms with Crippen LogP contribution >= 0.6 is 35.6 Å². The van der Waals surface area contributed by atoms with Crippen molar-refractivity contribution in [3.8, 4) is 0 Å². The van der Waals surface area contributed by atoms with Crippen molar-refractivity contribution in [1.29, 1.82) is 0 Å². The number of piperazine rings is 1. The summed E-state index contributed by atoms with van der Waals surface area (Å²) in [6.07, 6.45) is 0.974. The fourth-order valence-corrected chi connectivity index (χ4v) is 2.53. The summed E-state index contributed by atoms with van der Waals surface area (Å²) in [5.74, 6) is 0. The highest BCUT2D eigenvalue weighted by Crippen LogP contribution is 2.26. The molecule has 5 heteroatoms. The maximum absolute atomic E-state index is 6.40. The number of benzene rings is 1. The van der Waals surface area contributed by atoms with Gasteiger partial charge in [0.05, 0.1) is 5.38 Å². The molecule has 2 nitrogen and oxygen atoms in total. The fraction of sp³-hybridized carbons (Fsp3) is 0.538. The largest absolute Gasteiger partial charge is 0.314 e. The zero-order chi connectivity index (χ0) is 12.1. The molecule has 1 N–H and O–H groups in total. The van der Waals surface area contributed by atoms with Crippen LogP contribution in [0.3, 0.4) is 0 Å². The van der Waals surface area contributed by atoms with Gasteiger partial charge in [0.25, 0.3) is 0 Å². The molecule has 1 aromatic carbocycles. The lowest BCUT2D eigenvalue weighted by Gasteiger charge is -2.27. The van der Waals surface area contributed by atoms with Crippen LogP contribution in [-0.4, -0.2) is 37.6 Å². The van der Waals surface area contributed by atoms with Gasteiger partial charge in [0, 0.05) is 31.2 Å². The van der Waals surface area contributed by atoms with E-state index in [-0.39, 0.29) is 17.8 Å². The van der Waals surface area contributed by atoms with Gasteiger partial charge in [-0.3, -0.25) is 0 Å². The Balaban J connectivity index is 0.00000162. The van der Waals surface area contributed by atoms with Crippen LogP contribution in [0.15, 0.2) is 24.3 Å². The molecular formula is C13H19Cl3N2. The van der Waals surface area contributed by atoms with Crippen molar-refractivity contribution in [3.05, 3.63) is 34.9 Å². The molecule has 0 saturated carbocycles. The van der Waals surface area contributed by atoms with Crippen molar-refractivity contribution < 1.29 is 0 Å². The van der Waals surface area contributed by atoms with Gasteiger partial charge in [-0.25, -0.2) is 0 Å². The fourth-order valence-electron chi connectivity index (χ4n) is 2.10. The van der Waals surface area contributed by atoms with Crippen LogP contribution in [0.2, 0.25) is 5.02 Å². The van der Waals surface area contributed by atoms with Crippen LogP contribution in [0.4, 0.5) is 0 Å². The van der Waals surface area contributed by atoms with E-state index >= 15 is 0 Å². The van der Waals surface area contributed by atoms with Gasteiger partial charge >= 0.3 is 0 Å². The lowest BCUT2D eigenvalue weighted by molar-refractivity contribution is 0.237. The molecule has 0 aromatic heterocycles. The smallest absolute Gasteiger partial charge is 0.0597 e. The number of rotatable bonds is 4. The third kappa shape index (κ3) is 4.94. The molecule has 0 amide bonds. The van der Waals surface area contributed by atoms with Crippen molar-refractivity contribution >= 4 is 35.6 Å². The molecule has 2 rings (SSSR count). The van der Waals surface area contributed by atoms with Gasteiger partial charge in [0.15, 0.2) is 0 Å². The Morgan fingerprint density at radius 2 is 2.00 bits per heavy atom. The molecule has 0 spiro atoms. The maximum Gasteiger partial charge on any atom is 0.0597 e. The van der Waals surface area contributed by atoms with Crippen LogP contribution in [0.5, 0.6) is 0 Å². The topological polar surface area (TPSA) is 15.3 Å². The number of nitrogens with one attached hydrogen (secondary N) is 1. The molecule has 1 aliphatic heterocycles. The van der Waals surface area contributed by atoms with Gasteiger partial charge in [-0.2, -0.15) is 0 Å². The summed E-state index contributed by atoms with van der Waals surface area (Å²) >= 11 is 12.4. The van der Waals surface area contributed by atoms with Gasteiger partial charge in [0.1, 0.15) is 0 Å². The van der Waals surface area contributed by atoms with Crippen molar-refractivity contribution in [2.45, 2.75) is 11.8 Å². The summed E-state index contributed by atoms with van der Waals surface area (Å²) in [5.41, 5.74) is 1.12. The third-order valence-electron chi connectivity index (χ3n) is 3.12. The maximum atomic E-state index is 6.40. The molecule has 1 heterocycles.